The average Bonchev–Trinajstić information content (AvgIpc) is 1.89. The van der Waals surface area contributed by atoms with Crippen LogP contribution in [0.1, 0.15) is 19.3 Å². The Morgan fingerprint density at radius 1 is 1.30 bits per heavy atom. The molecule has 0 saturated carbocycles. The predicted molar refractivity (Wildman–Crippen MR) is 41.3 cm³/mol. The lowest BCUT2D eigenvalue weighted by Gasteiger charge is -2.10. The minimum atomic E-state index is -0.0726. The maximum atomic E-state index is 5.53. The number of nitrogens with one attached hydrogen (secondary N) is 2. The number of nitrogens with two attached hydrogens (primary N) is 3. The van der Waals surface area contributed by atoms with Crippen LogP contribution in [0.4, 0.5) is 0 Å². The molecular weight excluding hydrogens is 130 g/mol. The maximum absolute atomic E-state index is 5.53. The van der Waals surface area contributed by atoms with Gasteiger partial charge in [0, 0.05) is 0 Å². The molecule has 8 N–H and O–H groups in total. The third-order valence-corrected chi connectivity index (χ3v) is 1.24. The van der Waals surface area contributed by atoms with E-state index in [1.165, 1.54) is 0 Å². The molecule has 0 saturated heterocycles. The second-order valence-corrected chi connectivity index (χ2v) is 2.18. The highest BCUT2D eigenvalue weighted by molar-refractivity contribution is 4.54. The van der Waals surface area contributed by atoms with Crippen molar-refractivity contribution in [1.29, 1.82) is 0 Å². The van der Waals surface area contributed by atoms with Crippen LogP contribution in [0.15, 0.2) is 0 Å². The molecule has 1 unspecified atom stereocenters. The third-order valence-electron chi connectivity index (χ3n) is 1.24. The largest absolute Gasteiger partial charge is 0.330 e. The van der Waals surface area contributed by atoms with Gasteiger partial charge in [-0.3, -0.25) is 5.84 Å². The van der Waals surface area contributed by atoms with Gasteiger partial charge in [-0.25, -0.2) is 5.43 Å². The molecule has 0 heterocycles. The summed E-state index contributed by atoms with van der Waals surface area (Å²) in [6.45, 7) is 0.725. The highest BCUT2D eigenvalue weighted by Gasteiger charge is 1.97. The van der Waals surface area contributed by atoms with Crippen LogP contribution in [0.5, 0.6) is 0 Å². The number of hydrogen-bond acceptors (Lipinski definition) is 5. The minimum Gasteiger partial charge on any atom is -0.330 e. The summed E-state index contributed by atoms with van der Waals surface area (Å²) in [4.78, 5) is 0. The van der Waals surface area contributed by atoms with Crippen LogP contribution < -0.4 is 28.3 Å². The Morgan fingerprint density at radius 2 is 2.00 bits per heavy atom. The maximum Gasteiger partial charge on any atom is 0.0692 e. The molecule has 0 radical (unpaired) electrons. The molecular formula is C5H17N5. The lowest BCUT2D eigenvalue weighted by Crippen LogP contribution is -2.49. The Morgan fingerprint density at radius 3 is 2.50 bits per heavy atom. The monoisotopic (exact) mass is 147 g/mol. The molecule has 0 aromatic heterocycles. The standard InChI is InChI=1S/C5H17N5/c6-4-2-1-3-5(7)9-10-8/h5,9-10H,1-4,6-8H2. The van der Waals surface area contributed by atoms with Crippen LogP contribution in [0.25, 0.3) is 0 Å². The van der Waals surface area contributed by atoms with E-state index in [0.717, 1.165) is 25.8 Å². The number of rotatable bonds is 6. The highest BCUT2D eigenvalue weighted by Crippen LogP contribution is 1.93. The molecule has 0 aliphatic carbocycles. The molecule has 0 bridgehead atoms. The first-order valence-electron chi connectivity index (χ1n) is 3.48. The Balaban J connectivity index is 2.97. The van der Waals surface area contributed by atoms with Crippen molar-refractivity contribution < 1.29 is 0 Å². The Kier molecular flexibility index (Phi) is 6.78. The van der Waals surface area contributed by atoms with Gasteiger partial charge < -0.3 is 11.5 Å². The number of hydrazine groups is 2. The quantitative estimate of drug-likeness (QED) is 0.134. The van der Waals surface area contributed by atoms with Gasteiger partial charge >= 0.3 is 0 Å². The van der Waals surface area contributed by atoms with Crippen molar-refractivity contribution in [1.82, 2.24) is 11.0 Å². The topological polar surface area (TPSA) is 102 Å². The Hall–Kier alpha value is -0.200. The minimum absolute atomic E-state index is 0.0726. The molecule has 0 spiro atoms. The summed E-state index contributed by atoms with van der Waals surface area (Å²) in [6.07, 6.45) is 2.87. The normalized spacial score (nSPS) is 13.5. The van der Waals surface area contributed by atoms with Gasteiger partial charge in [0.25, 0.3) is 0 Å². The van der Waals surface area contributed by atoms with Gasteiger partial charge in [-0.2, -0.15) is 5.53 Å². The van der Waals surface area contributed by atoms with E-state index in [1.807, 2.05) is 0 Å². The van der Waals surface area contributed by atoms with Crippen LogP contribution in [0.3, 0.4) is 0 Å². The summed E-state index contributed by atoms with van der Waals surface area (Å²) in [7, 11) is 0. The van der Waals surface area contributed by atoms with E-state index >= 15 is 0 Å². The molecule has 5 heteroatoms. The van der Waals surface area contributed by atoms with Gasteiger partial charge in [-0.1, -0.05) is 0 Å². The number of unbranched alkanes of at least 4 members (excludes halogenated alkanes) is 1. The summed E-state index contributed by atoms with van der Waals surface area (Å²) in [5.41, 5.74) is 15.8. The van der Waals surface area contributed by atoms with E-state index in [4.69, 9.17) is 17.3 Å². The summed E-state index contributed by atoms with van der Waals surface area (Å²) in [5.74, 6) is 4.97. The van der Waals surface area contributed by atoms with Crippen LogP contribution in [-0.4, -0.2) is 12.7 Å². The molecule has 0 aliphatic heterocycles. The third kappa shape index (κ3) is 5.93. The molecule has 0 aliphatic rings. The fourth-order valence-electron chi connectivity index (χ4n) is 0.688. The van der Waals surface area contributed by atoms with Crippen LogP contribution in [0, 0.1) is 0 Å². The van der Waals surface area contributed by atoms with Crippen molar-refractivity contribution in [2.24, 2.45) is 17.3 Å². The van der Waals surface area contributed by atoms with Gasteiger partial charge in [0.1, 0.15) is 0 Å². The lowest BCUT2D eigenvalue weighted by atomic mass is 10.2. The van der Waals surface area contributed by atoms with Crippen LogP contribution in [0.2, 0.25) is 0 Å². The second kappa shape index (κ2) is 6.91. The fraction of sp³-hybridized carbons (Fsp3) is 1.00. The molecule has 5 nitrogen and oxygen atoms in total. The zero-order chi connectivity index (χ0) is 7.82. The zero-order valence-electron chi connectivity index (χ0n) is 6.14. The molecule has 0 aromatic rings. The van der Waals surface area contributed by atoms with Crippen LogP contribution >= 0.6 is 0 Å². The zero-order valence-corrected chi connectivity index (χ0v) is 6.14. The molecule has 0 aromatic carbocycles. The van der Waals surface area contributed by atoms with Gasteiger partial charge in [0.2, 0.25) is 0 Å². The summed E-state index contributed by atoms with van der Waals surface area (Å²) < 4.78 is 0. The van der Waals surface area contributed by atoms with Gasteiger partial charge in [-0.05, 0) is 25.8 Å². The predicted octanol–water partition coefficient (Wildman–Crippen LogP) is -1.63. The van der Waals surface area contributed by atoms with Crippen molar-refractivity contribution in [2.75, 3.05) is 6.54 Å². The smallest absolute Gasteiger partial charge is 0.0692 e. The fourth-order valence-corrected chi connectivity index (χ4v) is 0.688. The second-order valence-electron chi connectivity index (χ2n) is 2.18. The van der Waals surface area contributed by atoms with E-state index in [0.29, 0.717) is 0 Å². The molecule has 1 atom stereocenters. The van der Waals surface area contributed by atoms with E-state index in [1.54, 1.807) is 0 Å². The van der Waals surface area contributed by atoms with Gasteiger partial charge in [0.05, 0.1) is 6.17 Å². The van der Waals surface area contributed by atoms with Gasteiger partial charge in [-0.15, -0.1) is 0 Å². The first-order chi connectivity index (χ1) is 4.81. The summed E-state index contributed by atoms with van der Waals surface area (Å²) >= 11 is 0. The van der Waals surface area contributed by atoms with Crippen LogP contribution in [-0.2, 0) is 0 Å². The number of hydrogen-bond donors (Lipinski definition) is 5. The molecule has 0 fully saturated rings. The molecule has 10 heavy (non-hydrogen) atoms. The van der Waals surface area contributed by atoms with Crippen molar-refractivity contribution in [2.45, 2.75) is 25.4 Å². The van der Waals surface area contributed by atoms with Crippen molar-refractivity contribution in [3.05, 3.63) is 0 Å². The van der Waals surface area contributed by atoms with E-state index in [-0.39, 0.29) is 6.17 Å². The summed E-state index contributed by atoms with van der Waals surface area (Å²) in [5, 5.41) is 0. The first kappa shape index (κ1) is 9.80. The van der Waals surface area contributed by atoms with Crippen molar-refractivity contribution in [3.63, 3.8) is 0 Å². The van der Waals surface area contributed by atoms with E-state index < -0.39 is 0 Å². The van der Waals surface area contributed by atoms with Crippen molar-refractivity contribution >= 4 is 0 Å². The molecule has 62 valence electrons. The Labute approximate surface area is 61.3 Å². The highest BCUT2D eigenvalue weighted by atomic mass is 15.5. The Bertz CT molecular complexity index is 67.1. The van der Waals surface area contributed by atoms with Gasteiger partial charge in [0.15, 0.2) is 0 Å². The van der Waals surface area contributed by atoms with Crippen molar-refractivity contribution in [3.8, 4) is 0 Å². The lowest BCUT2D eigenvalue weighted by molar-refractivity contribution is 0.413. The first-order valence-corrected chi connectivity index (χ1v) is 3.48. The molecule has 0 amide bonds. The SMILES string of the molecule is NCCCCC(N)NNN. The summed E-state index contributed by atoms with van der Waals surface area (Å²) in [6, 6.07) is 0. The van der Waals surface area contributed by atoms with E-state index in [9.17, 15) is 0 Å². The molecule has 0 rings (SSSR count). The van der Waals surface area contributed by atoms with E-state index in [2.05, 4.69) is 11.0 Å². The average molecular weight is 147 g/mol.